The molecule has 1 aromatic carbocycles. The van der Waals surface area contributed by atoms with Gasteiger partial charge < -0.3 is 4.74 Å². The molecule has 0 spiro atoms. The standard InChI is InChI=1S/C11H8F3N3O/c12-11(13,14)18-9-4-1-8(2-5-9)3-6-10-15-7-16-17-10/h1-7H,(H,15,16,17)/b6-3+. The summed E-state index contributed by atoms with van der Waals surface area (Å²) in [6.07, 6.45) is 0.0763. The van der Waals surface area contributed by atoms with Gasteiger partial charge in [-0.15, -0.1) is 13.2 Å². The van der Waals surface area contributed by atoms with Crippen LogP contribution in [0.1, 0.15) is 11.4 Å². The van der Waals surface area contributed by atoms with E-state index in [4.69, 9.17) is 0 Å². The molecule has 1 N–H and O–H groups in total. The van der Waals surface area contributed by atoms with Gasteiger partial charge >= 0.3 is 6.36 Å². The lowest BCUT2D eigenvalue weighted by atomic mass is 10.2. The third-order valence-electron chi connectivity index (χ3n) is 1.97. The van der Waals surface area contributed by atoms with Crippen LogP contribution in [0.2, 0.25) is 0 Å². The largest absolute Gasteiger partial charge is 0.573 e. The molecule has 0 aliphatic carbocycles. The van der Waals surface area contributed by atoms with Gasteiger partial charge in [-0.3, -0.25) is 5.10 Å². The zero-order valence-electron chi connectivity index (χ0n) is 8.98. The molecule has 2 aromatic rings. The smallest absolute Gasteiger partial charge is 0.406 e. The number of hydrogen-bond donors (Lipinski definition) is 1. The highest BCUT2D eigenvalue weighted by Gasteiger charge is 2.30. The zero-order chi connectivity index (χ0) is 13.0. The average Bonchev–Trinajstić information content (AvgIpc) is 2.79. The molecule has 0 fully saturated rings. The Balaban J connectivity index is 2.04. The highest BCUT2D eigenvalue weighted by atomic mass is 19.4. The molecule has 2 rings (SSSR count). The van der Waals surface area contributed by atoms with Crippen LogP contribution in [0.15, 0.2) is 30.6 Å². The van der Waals surface area contributed by atoms with Crippen molar-refractivity contribution in [3.8, 4) is 5.75 Å². The second-order valence-electron chi connectivity index (χ2n) is 3.31. The third kappa shape index (κ3) is 3.62. The number of alkyl halides is 3. The van der Waals surface area contributed by atoms with Crippen molar-refractivity contribution in [2.75, 3.05) is 0 Å². The van der Waals surface area contributed by atoms with Gasteiger partial charge in [0.25, 0.3) is 0 Å². The Morgan fingerprint density at radius 2 is 1.83 bits per heavy atom. The van der Waals surface area contributed by atoms with Crippen LogP contribution in [0.5, 0.6) is 5.75 Å². The minimum Gasteiger partial charge on any atom is -0.406 e. The van der Waals surface area contributed by atoms with Gasteiger partial charge in [0.05, 0.1) is 0 Å². The van der Waals surface area contributed by atoms with Crippen LogP contribution in [0.4, 0.5) is 13.2 Å². The van der Waals surface area contributed by atoms with Gasteiger partial charge in [-0.1, -0.05) is 18.2 Å². The molecule has 0 atom stereocenters. The fourth-order valence-corrected chi connectivity index (χ4v) is 1.25. The lowest BCUT2D eigenvalue weighted by molar-refractivity contribution is -0.274. The first-order valence-corrected chi connectivity index (χ1v) is 4.92. The Kier molecular flexibility index (Phi) is 3.31. The molecule has 0 saturated heterocycles. The average molecular weight is 255 g/mol. The third-order valence-corrected chi connectivity index (χ3v) is 1.97. The SMILES string of the molecule is FC(F)(F)Oc1ccc(/C=C/c2nc[nH]n2)cc1. The molecule has 7 heteroatoms. The maximum atomic E-state index is 11.9. The lowest BCUT2D eigenvalue weighted by Crippen LogP contribution is -2.16. The van der Waals surface area contributed by atoms with E-state index in [1.807, 2.05) is 0 Å². The Morgan fingerprint density at radius 3 is 2.39 bits per heavy atom. The maximum absolute atomic E-state index is 11.9. The monoisotopic (exact) mass is 255 g/mol. The van der Waals surface area contributed by atoms with Crippen LogP contribution in [0.25, 0.3) is 12.2 Å². The second kappa shape index (κ2) is 4.91. The molecular formula is C11H8F3N3O. The first-order valence-electron chi connectivity index (χ1n) is 4.92. The van der Waals surface area contributed by atoms with Crippen LogP contribution in [-0.4, -0.2) is 21.5 Å². The molecule has 0 saturated carbocycles. The summed E-state index contributed by atoms with van der Waals surface area (Å²) in [5.74, 6) is 0.239. The van der Waals surface area contributed by atoms with E-state index >= 15 is 0 Å². The molecule has 4 nitrogen and oxygen atoms in total. The van der Waals surface area contributed by atoms with E-state index < -0.39 is 6.36 Å². The molecule has 0 bridgehead atoms. The van der Waals surface area contributed by atoms with Crippen molar-refractivity contribution in [3.63, 3.8) is 0 Å². The molecule has 1 heterocycles. The normalized spacial score (nSPS) is 11.9. The van der Waals surface area contributed by atoms with E-state index in [0.717, 1.165) is 0 Å². The van der Waals surface area contributed by atoms with E-state index in [1.54, 1.807) is 12.2 Å². The first-order chi connectivity index (χ1) is 8.53. The van der Waals surface area contributed by atoms with Gasteiger partial charge in [-0.05, 0) is 23.8 Å². The summed E-state index contributed by atoms with van der Waals surface area (Å²) in [6, 6.07) is 5.49. The number of ether oxygens (including phenoxy) is 1. The van der Waals surface area contributed by atoms with Gasteiger partial charge in [0.15, 0.2) is 5.82 Å². The summed E-state index contributed by atoms with van der Waals surface area (Å²) >= 11 is 0. The number of H-pyrrole nitrogens is 1. The topological polar surface area (TPSA) is 50.8 Å². The van der Waals surface area contributed by atoms with Crippen LogP contribution < -0.4 is 4.74 Å². The van der Waals surface area contributed by atoms with Crippen LogP contribution in [0, 0.1) is 0 Å². The fourth-order valence-electron chi connectivity index (χ4n) is 1.25. The van der Waals surface area contributed by atoms with Crippen LogP contribution >= 0.6 is 0 Å². The van der Waals surface area contributed by atoms with E-state index in [1.165, 1.54) is 30.6 Å². The van der Waals surface area contributed by atoms with E-state index in [-0.39, 0.29) is 5.75 Å². The first kappa shape index (κ1) is 12.2. The molecule has 0 aliphatic heterocycles. The van der Waals surface area contributed by atoms with Crippen molar-refractivity contribution in [1.82, 2.24) is 15.2 Å². The molecular weight excluding hydrogens is 247 g/mol. The van der Waals surface area contributed by atoms with Crippen molar-refractivity contribution in [2.45, 2.75) is 6.36 Å². The summed E-state index contributed by atoms with van der Waals surface area (Å²) in [7, 11) is 0. The second-order valence-corrected chi connectivity index (χ2v) is 3.31. The number of aromatic nitrogens is 3. The van der Waals surface area contributed by atoms with Gasteiger partial charge in [-0.25, -0.2) is 4.98 Å². The molecule has 1 aromatic heterocycles. The molecule has 0 amide bonds. The number of nitrogens with one attached hydrogen (secondary N) is 1. The predicted molar refractivity (Wildman–Crippen MR) is 58.4 cm³/mol. The molecule has 0 aliphatic rings. The van der Waals surface area contributed by atoms with Crippen molar-refractivity contribution in [3.05, 3.63) is 42.0 Å². The van der Waals surface area contributed by atoms with E-state index in [2.05, 4.69) is 19.9 Å². The number of benzene rings is 1. The number of nitrogens with zero attached hydrogens (tertiary/aromatic N) is 2. The Bertz CT molecular complexity index is 517. The number of halogens is 3. The van der Waals surface area contributed by atoms with Crippen molar-refractivity contribution < 1.29 is 17.9 Å². The zero-order valence-corrected chi connectivity index (χ0v) is 8.98. The van der Waals surface area contributed by atoms with E-state index in [9.17, 15) is 13.2 Å². The number of rotatable bonds is 3. The molecule has 0 unspecified atom stereocenters. The molecule has 94 valence electrons. The quantitative estimate of drug-likeness (QED) is 0.917. The Labute approximate surface area is 100 Å². The van der Waals surface area contributed by atoms with E-state index in [0.29, 0.717) is 11.4 Å². The van der Waals surface area contributed by atoms with Gasteiger partial charge in [0.1, 0.15) is 12.1 Å². The highest BCUT2D eigenvalue weighted by Crippen LogP contribution is 2.23. The van der Waals surface area contributed by atoms with Crippen molar-refractivity contribution in [2.24, 2.45) is 0 Å². The van der Waals surface area contributed by atoms with Gasteiger partial charge in [-0.2, -0.15) is 5.10 Å². The lowest BCUT2D eigenvalue weighted by Gasteiger charge is -2.08. The van der Waals surface area contributed by atoms with Gasteiger partial charge in [0, 0.05) is 0 Å². The summed E-state index contributed by atoms with van der Waals surface area (Å²) in [5.41, 5.74) is 0.717. The summed E-state index contributed by atoms with van der Waals surface area (Å²) < 4.78 is 39.5. The summed E-state index contributed by atoms with van der Waals surface area (Å²) in [6.45, 7) is 0. The minimum absolute atomic E-state index is 0.252. The molecule has 0 radical (unpaired) electrons. The Morgan fingerprint density at radius 1 is 1.11 bits per heavy atom. The van der Waals surface area contributed by atoms with Crippen molar-refractivity contribution >= 4 is 12.2 Å². The number of aromatic amines is 1. The van der Waals surface area contributed by atoms with Crippen LogP contribution in [-0.2, 0) is 0 Å². The minimum atomic E-state index is -4.67. The summed E-state index contributed by atoms with van der Waals surface area (Å²) in [4.78, 5) is 3.87. The predicted octanol–water partition coefficient (Wildman–Crippen LogP) is 2.87. The number of hydrogen-bond acceptors (Lipinski definition) is 3. The van der Waals surface area contributed by atoms with Gasteiger partial charge in [0.2, 0.25) is 0 Å². The molecule has 18 heavy (non-hydrogen) atoms. The van der Waals surface area contributed by atoms with Crippen molar-refractivity contribution in [1.29, 1.82) is 0 Å². The fraction of sp³-hybridized carbons (Fsp3) is 0.0909. The Hall–Kier alpha value is -2.31. The maximum Gasteiger partial charge on any atom is 0.573 e. The van der Waals surface area contributed by atoms with Crippen LogP contribution in [0.3, 0.4) is 0 Å². The highest BCUT2D eigenvalue weighted by molar-refractivity contribution is 5.66. The summed E-state index contributed by atoms with van der Waals surface area (Å²) in [5, 5.41) is 6.34.